The molecule has 18 heavy (non-hydrogen) atoms. The van der Waals surface area contributed by atoms with Gasteiger partial charge in [0.25, 0.3) is 0 Å². The molecule has 0 heterocycles. The fourth-order valence-corrected chi connectivity index (χ4v) is 2.05. The summed E-state index contributed by atoms with van der Waals surface area (Å²) in [6, 6.07) is 4.26. The molecule has 1 fully saturated rings. The average molecular weight is 317 g/mol. The first kappa shape index (κ1) is 13.3. The molecule has 0 bridgehead atoms. The standard InChI is InChI=1S/C12H14BrFN2O2/c13-8-1-4-11(10(14)7-8)15-12(18)16(5-6-17)9-2-3-9/h1,4,7,9,17H,2-3,5-6H2,(H,15,18). The molecule has 98 valence electrons. The lowest BCUT2D eigenvalue weighted by Gasteiger charge is -2.21. The molecule has 0 atom stereocenters. The number of hydrogen-bond donors (Lipinski definition) is 2. The Bertz CT molecular complexity index is 452. The number of rotatable bonds is 4. The van der Waals surface area contributed by atoms with E-state index in [2.05, 4.69) is 21.2 Å². The van der Waals surface area contributed by atoms with Gasteiger partial charge in [0.15, 0.2) is 0 Å². The van der Waals surface area contributed by atoms with Crippen LogP contribution in [0.2, 0.25) is 0 Å². The highest BCUT2D eigenvalue weighted by Crippen LogP contribution is 2.27. The van der Waals surface area contributed by atoms with Crippen molar-refractivity contribution in [3.8, 4) is 0 Å². The number of aliphatic hydroxyl groups is 1. The molecule has 0 unspecified atom stereocenters. The number of hydrogen-bond acceptors (Lipinski definition) is 2. The number of nitrogens with one attached hydrogen (secondary N) is 1. The zero-order chi connectivity index (χ0) is 13.1. The number of halogens is 2. The van der Waals surface area contributed by atoms with E-state index in [1.54, 1.807) is 11.0 Å². The summed E-state index contributed by atoms with van der Waals surface area (Å²) in [7, 11) is 0. The van der Waals surface area contributed by atoms with Gasteiger partial charge in [-0.05, 0) is 31.0 Å². The van der Waals surface area contributed by atoms with Crippen LogP contribution in [0.5, 0.6) is 0 Å². The first-order valence-corrected chi connectivity index (χ1v) is 6.54. The van der Waals surface area contributed by atoms with E-state index in [1.807, 2.05) is 0 Å². The molecule has 2 amide bonds. The number of nitrogens with zero attached hydrogens (tertiary/aromatic N) is 1. The van der Waals surface area contributed by atoms with Gasteiger partial charge in [-0.2, -0.15) is 0 Å². The second-order valence-electron chi connectivity index (χ2n) is 4.20. The van der Waals surface area contributed by atoms with Crippen LogP contribution >= 0.6 is 15.9 Å². The number of aliphatic hydroxyl groups excluding tert-OH is 1. The minimum absolute atomic E-state index is 0.0905. The third-order valence-corrected chi connectivity index (χ3v) is 3.26. The maximum atomic E-state index is 13.6. The van der Waals surface area contributed by atoms with Gasteiger partial charge in [-0.3, -0.25) is 0 Å². The Morgan fingerprint density at radius 1 is 1.56 bits per heavy atom. The lowest BCUT2D eigenvalue weighted by molar-refractivity contribution is 0.185. The molecule has 0 spiro atoms. The Morgan fingerprint density at radius 2 is 2.28 bits per heavy atom. The molecule has 2 N–H and O–H groups in total. The molecule has 2 rings (SSSR count). The Morgan fingerprint density at radius 3 is 2.83 bits per heavy atom. The third-order valence-electron chi connectivity index (χ3n) is 2.76. The van der Waals surface area contributed by atoms with Crippen molar-refractivity contribution >= 4 is 27.6 Å². The number of carbonyl (C=O) groups is 1. The van der Waals surface area contributed by atoms with Crippen molar-refractivity contribution in [1.82, 2.24) is 4.90 Å². The van der Waals surface area contributed by atoms with Crippen molar-refractivity contribution in [3.05, 3.63) is 28.5 Å². The number of carbonyl (C=O) groups excluding carboxylic acids is 1. The summed E-state index contributed by atoms with van der Waals surface area (Å²) in [6.07, 6.45) is 1.88. The molecule has 1 saturated carbocycles. The van der Waals surface area contributed by atoms with E-state index in [9.17, 15) is 9.18 Å². The van der Waals surface area contributed by atoms with Crippen molar-refractivity contribution in [2.45, 2.75) is 18.9 Å². The van der Waals surface area contributed by atoms with Gasteiger partial charge in [-0.15, -0.1) is 0 Å². The average Bonchev–Trinajstić information content (AvgIpc) is 3.13. The SMILES string of the molecule is O=C(Nc1ccc(Br)cc1F)N(CCO)C1CC1. The van der Waals surface area contributed by atoms with Gasteiger partial charge in [0.05, 0.1) is 12.3 Å². The lowest BCUT2D eigenvalue weighted by Crippen LogP contribution is -2.38. The first-order chi connectivity index (χ1) is 8.61. The van der Waals surface area contributed by atoms with Crippen LogP contribution in [-0.4, -0.2) is 35.2 Å². The zero-order valence-electron chi connectivity index (χ0n) is 9.70. The van der Waals surface area contributed by atoms with Crippen LogP contribution in [0.4, 0.5) is 14.9 Å². The van der Waals surface area contributed by atoms with Crippen molar-refractivity contribution in [1.29, 1.82) is 0 Å². The monoisotopic (exact) mass is 316 g/mol. The van der Waals surface area contributed by atoms with Crippen LogP contribution in [0.1, 0.15) is 12.8 Å². The molecule has 4 nitrogen and oxygen atoms in total. The van der Waals surface area contributed by atoms with Crippen LogP contribution in [0.15, 0.2) is 22.7 Å². The lowest BCUT2D eigenvalue weighted by atomic mass is 10.3. The smallest absolute Gasteiger partial charge is 0.322 e. The molecule has 1 aliphatic carbocycles. The van der Waals surface area contributed by atoms with E-state index >= 15 is 0 Å². The maximum Gasteiger partial charge on any atom is 0.322 e. The topological polar surface area (TPSA) is 52.6 Å². The highest BCUT2D eigenvalue weighted by atomic mass is 79.9. The quantitative estimate of drug-likeness (QED) is 0.897. The highest BCUT2D eigenvalue weighted by molar-refractivity contribution is 9.10. The minimum atomic E-state index is -0.488. The van der Waals surface area contributed by atoms with Gasteiger partial charge >= 0.3 is 6.03 Å². The van der Waals surface area contributed by atoms with E-state index < -0.39 is 5.82 Å². The van der Waals surface area contributed by atoms with Gasteiger partial charge in [0, 0.05) is 17.1 Å². The Hall–Kier alpha value is -1.14. The summed E-state index contributed by atoms with van der Waals surface area (Å²) in [5.74, 6) is -0.488. The summed E-state index contributed by atoms with van der Waals surface area (Å²) >= 11 is 3.15. The summed E-state index contributed by atoms with van der Waals surface area (Å²) in [5, 5.41) is 11.4. The van der Waals surface area contributed by atoms with Gasteiger partial charge in [-0.25, -0.2) is 9.18 Å². The minimum Gasteiger partial charge on any atom is -0.395 e. The molecule has 0 aromatic heterocycles. The fraction of sp³-hybridized carbons (Fsp3) is 0.417. The fourth-order valence-electron chi connectivity index (χ4n) is 1.72. The number of amides is 2. The second-order valence-corrected chi connectivity index (χ2v) is 5.12. The van der Waals surface area contributed by atoms with Gasteiger partial charge < -0.3 is 15.3 Å². The molecule has 0 aliphatic heterocycles. The van der Waals surface area contributed by atoms with Crippen molar-refractivity contribution < 1.29 is 14.3 Å². The Balaban J connectivity index is 2.05. The summed E-state index contributed by atoms with van der Waals surface area (Å²) in [5.41, 5.74) is 0.145. The molecule has 1 aromatic rings. The van der Waals surface area contributed by atoms with Crippen molar-refractivity contribution in [2.24, 2.45) is 0 Å². The number of anilines is 1. The predicted octanol–water partition coefficient (Wildman–Crippen LogP) is 2.58. The summed E-state index contributed by atoms with van der Waals surface area (Å²) in [6.45, 7) is 0.182. The largest absolute Gasteiger partial charge is 0.395 e. The predicted molar refractivity (Wildman–Crippen MR) is 69.9 cm³/mol. The van der Waals surface area contributed by atoms with Crippen molar-refractivity contribution in [2.75, 3.05) is 18.5 Å². The van der Waals surface area contributed by atoms with E-state index in [0.717, 1.165) is 12.8 Å². The van der Waals surface area contributed by atoms with E-state index in [1.165, 1.54) is 12.1 Å². The third kappa shape index (κ3) is 3.20. The van der Waals surface area contributed by atoms with E-state index in [4.69, 9.17) is 5.11 Å². The number of urea groups is 1. The zero-order valence-corrected chi connectivity index (χ0v) is 11.3. The Labute approximate surface area is 113 Å². The second kappa shape index (κ2) is 5.67. The van der Waals surface area contributed by atoms with Crippen molar-refractivity contribution in [3.63, 3.8) is 0 Å². The van der Waals surface area contributed by atoms with Crippen LogP contribution in [-0.2, 0) is 0 Å². The normalized spacial score (nSPS) is 14.4. The molecule has 0 radical (unpaired) electrons. The van der Waals surface area contributed by atoms with Gasteiger partial charge in [0.1, 0.15) is 5.82 Å². The van der Waals surface area contributed by atoms with Crippen LogP contribution in [0.25, 0.3) is 0 Å². The molecule has 0 saturated heterocycles. The molecule has 6 heteroatoms. The molecule has 1 aliphatic rings. The highest BCUT2D eigenvalue weighted by Gasteiger charge is 2.32. The maximum absolute atomic E-state index is 13.6. The molecular weight excluding hydrogens is 303 g/mol. The molecule has 1 aromatic carbocycles. The van der Waals surface area contributed by atoms with Gasteiger partial charge in [-0.1, -0.05) is 15.9 Å². The Kier molecular flexibility index (Phi) is 4.19. The van der Waals surface area contributed by atoms with Crippen LogP contribution in [0.3, 0.4) is 0 Å². The van der Waals surface area contributed by atoms with E-state index in [0.29, 0.717) is 4.47 Å². The summed E-state index contributed by atoms with van der Waals surface area (Å²) in [4.78, 5) is 13.5. The van der Waals surface area contributed by atoms with Gasteiger partial charge in [0.2, 0.25) is 0 Å². The summed E-state index contributed by atoms with van der Waals surface area (Å²) < 4.78 is 14.2. The van der Waals surface area contributed by atoms with Crippen LogP contribution < -0.4 is 5.32 Å². The van der Waals surface area contributed by atoms with Crippen LogP contribution in [0, 0.1) is 5.82 Å². The molecular formula is C12H14BrFN2O2. The number of benzene rings is 1. The first-order valence-electron chi connectivity index (χ1n) is 5.75. The van der Waals surface area contributed by atoms with E-state index in [-0.39, 0.29) is 30.9 Å².